The van der Waals surface area contributed by atoms with Crippen LogP contribution >= 0.6 is 0 Å². The Balaban J connectivity index is 2.33. The van der Waals surface area contributed by atoms with E-state index in [-0.39, 0.29) is 18.4 Å². The van der Waals surface area contributed by atoms with E-state index in [4.69, 9.17) is 10.8 Å². The smallest absolute Gasteiger partial charge is 0.303 e. The number of carboxylic acid groups (broad SMARTS) is 1. The molecule has 0 aromatic heterocycles. The zero-order valence-electron chi connectivity index (χ0n) is 11.1. The number of hydrogen-bond donors (Lipinski definition) is 2. The van der Waals surface area contributed by atoms with E-state index in [1.54, 1.807) is 0 Å². The highest BCUT2D eigenvalue weighted by atomic mass is 16.4. The molecule has 3 N–H and O–H groups in total. The third kappa shape index (κ3) is 5.49. The molecule has 0 aromatic rings. The summed E-state index contributed by atoms with van der Waals surface area (Å²) in [5.74, 6) is -0.253. The van der Waals surface area contributed by atoms with E-state index in [9.17, 15) is 9.59 Å². The highest BCUT2D eigenvalue weighted by Gasteiger charge is 2.23. The van der Waals surface area contributed by atoms with Crippen LogP contribution in [0, 0.1) is 5.92 Å². The van der Waals surface area contributed by atoms with Crippen LogP contribution in [0.4, 0.5) is 0 Å². The maximum absolute atomic E-state index is 11.9. The van der Waals surface area contributed by atoms with Crippen molar-refractivity contribution in [2.45, 2.75) is 51.5 Å². The summed E-state index contributed by atoms with van der Waals surface area (Å²) in [4.78, 5) is 24.4. The SMILES string of the molecule is CC(N)CCC(=O)N1CCCC(CCC(=O)O)C1. The van der Waals surface area contributed by atoms with Crippen LogP contribution < -0.4 is 5.73 Å². The number of piperidine rings is 1. The predicted octanol–water partition coefficient (Wildman–Crippen LogP) is 1.22. The van der Waals surface area contributed by atoms with Gasteiger partial charge in [-0.25, -0.2) is 0 Å². The van der Waals surface area contributed by atoms with E-state index in [0.29, 0.717) is 25.3 Å². The normalized spacial score (nSPS) is 21.7. The summed E-state index contributed by atoms with van der Waals surface area (Å²) in [5, 5.41) is 8.67. The number of carbonyl (C=O) groups is 2. The Morgan fingerprint density at radius 3 is 2.78 bits per heavy atom. The average molecular weight is 256 g/mol. The summed E-state index contributed by atoms with van der Waals surface area (Å²) in [7, 11) is 0. The number of rotatable bonds is 6. The van der Waals surface area contributed by atoms with Gasteiger partial charge >= 0.3 is 5.97 Å². The van der Waals surface area contributed by atoms with Gasteiger partial charge in [0.05, 0.1) is 0 Å². The van der Waals surface area contributed by atoms with Gasteiger partial charge in [-0.3, -0.25) is 9.59 Å². The Labute approximate surface area is 108 Å². The van der Waals surface area contributed by atoms with Crippen molar-refractivity contribution in [3.8, 4) is 0 Å². The van der Waals surface area contributed by atoms with Crippen molar-refractivity contribution in [3.63, 3.8) is 0 Å². The van der Waals surface area contributed by atoms with Crippen molar-refractivity contribution in [1.29, 1.82) is 0 Å². The lowest BCUT2D eigenvalue weighted by atomic mass is 9.93. The van der Waals surface area contributed by atoms with Gasteiger partial charge in [-0.2, -0.15) is 0 Å². The summed E-state index contributed by atoms with van der Waals surface area (Å²) in [6.07, 6.45) is 4.11. The van der Waals surface area contributed by atoms with Crippen LogP contribution in [-0.2, 0) is 9.59 Å². The molecule has 104 valence electrons. The van der Waals surface area contributed by atoms with Crippen LogP contribution in [0.5, 0.6) is 0 Å². The fourth-order valence-electron chi connectivity index (χ4n) is 2.36. The number of carbonyl (C=O) groups excluding carboxylic acids is 1. The summed E-state index contributed by atoms with van der Waals surface area (Å²) in [6, 6.07) is 0.0570. The second-order valence-electron chi connectivity index (χ2n) is 5.30. The molecule has 1 aliphatic rings. The van der Waals surface area contributed by atoms with Crippen LogP contribution in [0.3, 0.4) is 0 Å². The Morgan fingerprint density at radius 2 is 2.17 bits per heavy atom. The molecule has 0 aliphatic carbocycles. The third-order valence-corrected chi connectivity index (χ3v) is 3.45. The minimum absolute atomic E-state index is 0.0570. The maximum atomic E-state index is 11.9. The molecule has 1 saturated heterocycles. The van der Waals surface area contributed by atoms with Gasteiger partial charge in [-0.05, 0) is 38.5 Å². The number of carboxylic acids is 1. The van der Waals surface area contributed by atoms with Gasteiger partial charge in [0.2, 0.25) is 5.91 Å². The molecule has 18 heavy (non-hydrogen) atoms. The number of aliphatic carboxylic acids is 1. The van der Waals surface area contributed by atoms with Crippen LogP contribution in [0.25, 0.3) is 0 Å². The first kappa shape index (κ1) is 15.0. The van der Waals surface area contributed by atoms with Crippen molar-refractivity contribution >= 4 is 11.9 Å². The molecule has 2 unspecified atom stereocenters. The molecule has 0 spiro atoms. The zero-order chi connectivity index (χ0) is 13.5. The molecule has 0 bridgehead atoms. The second-order valence-corrected chi connectivity index (χ2v) is 5.30. The van der Waals surface area contributed by atoms with Crippen LogP contribution in [0.2, 0.25) is 0 Å². The molecule has 5 heteroatoms. The van der Waals surface area contributed by atoms with Crippen LogP contribution in [0.1, 0.15) is 45.4 Å². The van der Waals surface area contributed by atoms with E-state index in [1.165, 1.54) is 0 Å². The molecule has 1 amide bonds. The third-order valence-electron chi connectivity index (χ3n) is 3.45. The molecule has 0 aromatic carbocycles. The highest BCUT2D eigenvalue weighted by Crippen LogP contribution is 2.21. The topological polar surface area (TPSA) is 83.6 Å². The molecule has 2 atom stereocenters. The molecule has 1 rings (SSSR count). The fourth-order valence-corrected chi connectivity index (χ4v) is 2.36. The fraction of sp³-hybridized carbons (Fsp3) is 0.846. The molecule has 5 nitrogen and oxygen atoms in total. The van der Waals surface area contributed by atoms with Gasteiger partial charge in [0.25, 0.3) is 0 Å². The van der Waals surface area contributed by atoms with Crippen molar-refractivity contribution < 1.29 is 14.7 Å². The molecule has 1 fully saturated rings. The molecule has 1 aliphatic heterocycles. The Morgan fingerprint density at radius 1 is 1.44 bits per heavy atom. The van der Waals surface area contributed by atoms with E-state index >= 15 is 0 Å². The number of amides is 1. The quantitative estimate of drug-likeness (QED) is 0.748. The van der Waals surface area contributed by atoms with Gasteiger partial charge in [0, 0.05) is 32.0 Å². The van der Waals surface area contributed by atoms with Gasteiger partial charge in [0.15, 0.2) is 0 Å². The monoisotopic (exact) mass is 256 g/mol. The first-order valence-corrected chi connectivity index (χ1v) is 6.74. The molecular formula is C13H24N2O3. The number of likely N-dealkylation sites (tertiary alicyclic amines) is 1. The zero-order valence-corrected chi connectivity index (χ0v) is 11.1. The van der Waals surface area contributed by atoms with E-state index in [1.807, 2.05) is 11.8 Å². The molecule has 0 radical (unpaired) electrons. The molecule has 0 saturated carbocycles. The van der Waals surface area contributed by atoms with Crippen molar-refractivity contribution in [2.24, 2.45) is 11.7 Å². The minimum Gasteiger partial charge on any atom is -0.481 e. The first-order chi connectivity index (χ1) is 8.49. The van der Waals surface area contributed by atoms with Gasteiger partial charge in [-0.15, -0.1) is 0 Å². The predicted molar refractivity (Wildman–Crippen MR) is 69.1 cm³/mol. The summed E-state index contributed by atoms with van der Waals surface area (Å²) < 4.78 is 0. The van der Waals surface area contributed by atoms with E-state index in [2.05, 4.69) is 0 Å². The Hall–Kier alpha value is -1.10. The van der Waals surface area contributed by atoms with Gasteiger partial charge < -0.3 is 15.7 Å². The lowest BCUT2D eigenvalue weighted by molar-refractivity contribution is -0.137. The number of hydrogen-bond acceptors (Lipinski definition) is 3. The Kier molecular flexibility index (Phi) is 6.12. The van der Waals surface area contributed by atoms with Crippen molar-refractivity contribution in [2.75, 3.05) is 13.1 Å². The second kappa shape index (κ2) is 7.36. The van der Waals surface area contributed by atoms with Gasteiger partial charge in [0.1, 0.15) is 0 Å². The maximum Gasteiger partial charge on any atom is 0.303 e. The first-order valence-electron chi connectivity index (χ1n) is 6.74. The molecule has 1 heterocycles. The van der Waals surface area contributed by atoms with Crippen molar-refractivity contribution in [1.82, 2.24) is 4.90 Å². The van der Waals surface area contributed by atoms with Gasteiger partial charge in [-0.1, -0.05) is 0 Å². The van der Waals surface area contributed by atoms with Crippen LogP contribution in [-0.4, -0.2) is 41.0 Å². The van der Waals surface area contributed by atoms with Crippen LogP contribution in [0.15, 0.2) is 0 Å². The van der Waals surface area contributed by atoms with E-state index < -0.39 is 5.97 Å². The Bertz CT molecular complexity index is 292. The number of nitrogens with two attached hydrogens (primary N) is 1. The summed E-state index contributed by atoms with van der Waals surface area (Å²) >= 11 is 0. The molecular weight excluding hydrogens is 232 g/mol. The van der Waals surface area contributed by atoms with Crippen molar-refractivity contribution in [3.05, 3.63) is 0 Å². The largest absolute Gasteiger partial charge is 0.481 e. The standard InChI is InChI=1S/C13H24N2O3/c1-10(14)4-6-12(16)15-8-2-3-11(9-15)5-7-13(17)18/h10-11H,2-9,14H2,1H3,(H,17,18). The lowest BCUT2D eigenvalue weighted by Gasteiger charge is -2.33. The average Bonchev–Trinajstić information content (AvgIpc) is 2.33. The minimum atomic E-state index is -0.754. The summed E-state index contributed by atoms with van der Waals surface area (Å²) in [6.45, 7) is 3.42. The highest BCUT2D eigenvalue weighted by molar-refractivity contribution is 5.76. The van der Waals surface area contributed by atoms with E-state index in [0.717, 1.165) is 25.8 Å². The number of nitrogens with zero attached hydrogens (tertiary/aromatic N) is 1. The lowest BCUT2D eigenvalue weighted by Crippen LogP contribution is -2.40. The summed E-state index contributed by atoms with van der Waals surface area (Å²) in [5.41, 5.74) is 5.64.